The Morgan fingerprint density at radius 2 is 2.00 bits per heavy atom. The second-order valence-corrected chi connectivity index (χ2v) is 5.84. The molecule has 3 rings (SSSR count). The maximum Gasteiger partial charge on any atom is 0.332 e. The second kappa shape index (κ2) is 6.60. The third-order valence-corrected chi connectivity index (χ3v) is 4.02. The normalized spacial score (nSPS) is 11.5. The van der Waals surface area contributed by atoms with E-state index < -0.39 is 5.69 Å². The minimum absolute atomic E-state index is 0.352. The molecule has 0 radical (unpaired) electrons. The van der Waals surface area contributed by atoms with Gasteiger partial charge in [-0.05, 0) is 6.42 Å². The Morgan fingerprint density at radius 1 is 1.21 bits per heavy atom. The van der Waals surface area contributed by atoms with Gasteiger partial charge in [0.1, 0.15) is 0 Å². The van der Waals surface area contributed by atoms with E-state index in [2.05, 4.69) is 15.1 Å². The summed E-state index contributed by atoms with van der Waals surface area (Å²) in [6, 6.07) is 0. The van der Waals surface area contributed by atoms with Crippen molar-refractivity contribution in [2.75, 3.05) is 5.88 Å². The van der Waals surface area contributed by atoms with Crippen LogP contribution in [0.25, 0.3) is 11.2 Å². The molecular weight excluding hydrogens is 336 g/mol. The van der Waals surface area contributed by atoms with E-state index in [1.807, 2.05) is 0 Å². The maximum atomic E-state index is 12.3. The molecular formula is C14H17ClN6O3. The Balaban J connectivity index is 1.78. The molecule has 0 saturated carbocycles. The lowest BCUT2D eigenvalue weighted by Crippen LogP contribution is -2.37. The molecule has 10 heteroatoms. The van der Waals surface area contributed by atoms with Crippen molar-refractivity contribution in [2.24, 2.45) is 14.1 Å². The fourth-order valence-electron chi connectivity index (χ4n) is 2.55. The number of hydrogen-bond acceptors (Lipinski definition) is 6. The smallest absolute Gasteiger partial charge is 0.332 e. The van der Waals surface area contributed by atoms with Crippen LogP contribution in [0, 0.1) is 0 Å². The van der Waals surface area contributed by atoms with Gasteiger partial charge >= 0.3 is 5.69 Å². The molecule has 0 saturated heterocycles. The Morgan fingerprint density at radius 3 is 2.75 bits per heavy atom. The molecule has 0 aromatic carbocycles. The highest BCUT2D eigenvalue weighted by Gasteiger charge is 2.14. The van der Waals surface area contributed by atoms with Crippen LogP contribution >= 0.6 is 11.6 Å². The van der Waals surface area contributed by atoms with Gasteiger partial charge in [0, 0.05) is 39.4 Å². The number of nitrogens with zero attached hydrogens (tertiary/aromatic N) is 6. The molecule has 3 heterocycles. The molecule has 0 aliphatic rings. The minimum atomic E-state index is -0.392. The number of imidazole rings is 1. The van der Waals surface area contributed by atoms with Gasteiger partial charge in [0.05, 0.1) is 6.33 Å². The van der Waals surface area contributed by atoms with Crippen molar-refractivity contribution < 1.29 is 4.52 Å². The number of aryl methyl sites for hydroxylation is 4. The van der Waals surface area contributed by atoms with Gasteiger partial charge in [0.25, 0.3) is 5.56 Å². The van der Waals surface area contributed by atoms with E-state index in [4.69, 9.17) is 16.1 Å². The van der Waals surface area contributed by atoms with Crippen molar-refractivity contribution in [3.8, 4) is 0 Å². The van der Waals surface area contributed by atoms with Gasteiger partial charge < -0.3 is 9.09 Å². The zero-order chi connectivity index (χ0) is 17.3. The minimum Gasteiger partial charge on any atom is -0.339 e. The van der Waals surface area contributed by atoms with E-state index in [1.165, 1.54) is 11.6 Å². The zero-order valence-electron chi connectivity index (χ0n) is 13.4. The summed E-state index contributed by atoms with van der Waals surface area (Å²) >= 11 is 5.63. The molecule has 9 nitrogen and oxygen atoms in total. The van der Waals surface area contributed by atoms with E-state index >= 15 is 0 Å². The quantitative estimate of drug-likeness (QED) is 0.589. The number of rotatable bonds is 6. The molecule has 0 aliphatic heterocycles. The lowest BCUT2D eigenvalue weighted by Gasteiger charge is -2.05. The highest BCUT2D eigenvalue weighted by molar-refractivity contribution is 6.17. The topological polar surface area (TPSA) is 101 Å². The third kappa shape index (κ3) is 2.86. The molecule has 0 N–H and O–H groups in total. The van der Waals surface area contributed by atoms with Crippen LogP contribution in [-0.2, 0) is 33.5 Å². The fraction of sp³-hybridized carbons (Fsp3) is 0.500. The highest BCUT2D eigenvalue weighted by Crippen LogP contribution is 2.08. The van der Waals surface area contributed by atoms with Crippen molar-refractivity contribution in [1.29, 1.82) is 0 Å². The van der Waals surface area contributed by atoms with Crippen LogP contribution in [0.5, 0.6) is 0 Å². The van der Waals surface area contributed by atoms with Gasteiger partial charge in [-0.3, -0.25) is 13.9 Å². The molecule has 3 aromatic heterocycles. The molecule has 0 bridgehead atoms. The Bertz CT molecular complexity index is 983. The number of fused-ring (bicyclic) bond motifs is 1. The van der Waals surface area contributed by atoms with Crippen LogP contribution in [-0.4, -0.2) is 34.7 Å². The van der Waals surface area contributed by atoms with E-state index in [1.54, 1.807) is 17.9 Å². The zero-order valence-corrected chi connectivity index (χ0v) is 14.2. The van der Waals surface area contributed by atoms with Crippen molar-refractivity contribution in [3.05, 3.63) is 38.9 Å². The standard InChI is InChI=1S/C14H17ClN6O3/c1-19-12-11(13(22)20(2)14(19)23)21(8-16-12)7-3-4-9-17-10(5-6-15)24-18-9/h8H,3-7H2,1-2H3. The lowest BCUT2D eigenvalue weighted by molar-refractivity contribution is 0.376. The van der Waals surface area contributed by atoms with E-state index in [-0.39, 0.29) is 5.56 Å². The predicted molar refractivity (Wildman–Crippen MR) is 87.3 cm³/mol. The van der Waals surface area contributed by atoms with Crippen molar-refractivity contribution in [3.63, 3.8) is 0 Å². The first-order valence-electron chi connectivity index (χ1n) is 7.51. The van der Waals surface area contributed by atoms with Gasteiger partial charge in [-0.1, -0.05) is 5.16 Å². The van der Waals surface area contributed by atoms with Crippen molar-refractivity contribution in [2.45, 2.75) is 25.8 Å². The number of alkyl halides is 1. The van der Waals surface area contributed by atoms with Crippen LogP contribution in [0.3, 0.4) is 0 Å². The molecule has 0 aliphatic carbocycles. The lowest BCUT2D eigenvalue weighted by atomic mass is 10.3. The van der Waals surface area contributed by atoms with Gasteiger partial charge in [-0.2, -0.15) is 4.98 Å². The summed E-state index contributed by atoms with van der Waals surface area (Å²) < 4.78 is 9.26. The molecule has 0 atom stereocenters. The molecule has 128 valence electrons. The van der Waals surface area contributed by atoms with E-state index in [0.717, 1.165) is 4.57 Å². The maximum absolute atomic E-state index is 12.3. The van der Waals surface area contributed by atoms with E-state index in [9.17, 15) is 9.59 Å². The number of halogens is 1. The molecule has 0 fully saturated rings. The summed E-state index contributed by atoms with van der Waals surface area (Å²) in [6.07, 6.45) is 3.43. The Kier molecular flexibility index (Phi) is 4.52. The van der Waals surface area contributed by atoms with Gasteiger partial charge in [-0.15, -0.1) is 11.6 Å². The third-order valence-electron chi connectivity index (χ3n) is 3.84. The molecule has 0 unspecified atom stereocenters. The predicted octanol–water partition coefficient (Wildman–Crippen LogP) is 0.231. The number of aromatic nitrogens is 6. The molecule has 3 aromatic rings. The summed E-state index contributed by atoms with van der Waals surface area (Å²) in [7, 11) is 3.05. The number of hydrogen-bond donors (Lipinski definition) is 0. The van der Waals surface area contributed by atoms with Gasteiger partial charge in [0.15, 0.2) is 17.0 Å². The summed E-state index contributed by atoms with van der Waals surface area (Å²) in [6.45, 7) is 0.559. The van der Waals surface area contributed by atoms with Crippen molar-refractivity contribution in [1.82, 2.24) is 28.8 Å². The summed E-state index contributed by atoms with van der Waals surface area (Å²) in [5, 5.41) is 3.89. The van der Waals surface area contributed by atoms with Gasteiger partial charge in [0.2, 0.25) is 5.89 Å². The highest BCUT2D eigenvalue weighted by atomic mass is 35.5. The average Bonchev–Trinajstić information content (AvgIpc) is 3.19. The first-order valence-corrected chi connectivity index (χ1v) is 8.04. The first kappa shape index (κ1) is 16.4. The summed E-state index contributed by atoms with van der Waals surface area (Å²) in [4.78, 5) is 32.7. The molecule has 0 amide bonds. The van der Waals surface area contributed by atoms with Crippen LogP contribution in [0.2, 0.25) is 0 Å². The average molecular weight is 353 g/mol. The van der Waals surface area contributed by atoms with Crippen LogP contribution in [0.4, 0.5) is 0 Å². The summed E-state index contributed by atoms with van der Waals surface area (Å²) in [5.41, 5.74) is 0.0496. The fourth-order valence-corrected chi connectivity index (χ4v) is 2.71. The van der Waals surface area contributed by atoms with Crippen molar-refractivity contribution >= 4 is 22.8 Å². The summed E-state index contributed by atoms with van der Waals surface area (Å²) in [5.74, 6) is 1.57. The van der Waals surface area contributed by atoms with Crippen LogP contribution < -0.4 is 11.2 Å². The SMILES string of the molecule is Cn1c(=O)c2c(ncn2CCCc2noc(CCCl)n2)n(C)c1=O. The largest absolute Gasteiger partial charge is 0.339 e. The van der Waals surface area contributed by atoms with Gasteiger partial charge in [-0.25, -0.2) is 9.78 Å². The first-order chi connectivity index (χ1) is 11.5. The Labute approximate surface area is 141 Å². The van der Waals surface area contributed by atoms with Crippen LogP contribution in [0.15, 0.2) is 20.4 Å². The monoisotopic (exact) mass is 352 g/mol. The van der Waals surface area contributed by atoms with E-state index in [0.29, 0.717) is 54.6 Å². The van der Waals surface area contributed by atoms with Crippen LogP contribution in [0.1, 0.15) is 18.1 Å². The second-order valence-electron chi connectivity index (χ2n) is 5.46. The Hall–Kier alpha value is -2.42. The molecule has 0 spiro atoms. The molecule has 24 heavy (non-hydrogen) atoms.